The van der Waals surface area contributed by atoms with Crippen LogP contribution in [0.3, 0.4) is 0 Å². The largest absolute Gasteiger partial charge is 0.399 e. The Hall–Kier alpha value is -2.08. The summed E-state index contributed by atoms with van der Waals surface area (Å²) in [6.07, 6.45) is 1.01. The number of nitrogen functional groups attached to an aromatic ring is 1. The lowest BCUT2D eigenvalue weighted by atomic mass is 10.2. The molecule has 1 saturated heterocycles. The highest BCUT2D eigenvalue weighted by molar-refractivity contribution is 5.91. The molecule has 0 atom stereocenters. The van der Waals surface area contributed by atoms with Gasteiger partial charge in [-0.1, -0.05) is 6.07 Å². The van der Waals surface area contributed by atoms with Gasteiger partial charge in [0.15, 0.2) is 0 Å². The van der Waals surface area contributed by atoms with Crippen LogP contribution in [-0.4, -0.2) is 43.0 Å². The first-order valence-corrected chi connectivity index (χ1v) is 6.66. The van der Waals surface area contributed by atoms with Crippen LogP contribution in [-0.2, 0) is 14.3 Å². The summed E-state index contributed by atoms with van der Waals surface area (Å²) in [4.78, 5) is 25.0. The smallest absolute Gasteiger partial charge is 0.248 e. The van der Waals surface area contributed by atoms with Gasteiger partial charge in [0.25, 0.3) is 0 Å². The maximum atomic E-state index is 11.8. The number of hydrogen-bond acceptors (Lipinski definition) is 4. The number of benzene rings is 1. The Balaban J connectivity index is 1.71. The second kappa shape index (κ2) is 6.91. The number of rotatable bonds is 5. The van der Waals surface area contributed by atoms with Gasteiger partial charge in [-0.25, -0.2) is 0 Å². The topological polar surface area (TPSA) is 84.7 Å². The molecule has 0 aromatic heterocycles. The summed E-state index contributed by atoms with van der Waals surface area (Å²) >= 11 is 0. The van der Waals surface area contributed by atoms with E-state index >= 15 is 0 Å². The monoisotopic (exact) mass is 277 g/mol. The predicted molar refractivity (Wildman–Crippen MR) is 76.1 cm³/mol. The zero-order valence-electron chi connectivity index (χ0n) is 11.3. The summed E-state index contributed by atoms with van der Waals surface area (Å²) in [6, 6.07) is 7.06. The van der Waals surface area contributed by atoms with Gasteiger partial charge in [0.2, 0.25) is 11.8 Å². The molecule has 1 aliphatic rings. The van der Waals surface area contributed by atoms with Gasteiger partial charge < -0.3 is 20.7 Å². The molecule has 3 N–H and O–H groups in total. The van der Waals surface area contributed by atoms with E-state index in [1.807, 2.05) is 0 Å². The zero-order valence-corrected chi connectivity index (χ0v) is 11.3. The fourth-order valence-electron chi connectivity index (χ4n) is 2.06. The van der Waals surface area contributed by atoms with Crippen molar-refractivity contribution in [3.63, 3.8) is 0 Å². The Labute approximate surface area is 117 Å². The van der Waals surface area contributed by atoms with Gasteiger partial charge in [0, 0.05) is 30.9 Å². The lowest BCUT2D eigenvalue weighted by Gasteiger charge is -2.26. The predicted octanol–water partition coefficient (Wildman–Crippen LogP) is 0.846. The molecule has 0 aliphatic carbocycles. The standard InChI is InChI=1S/C14H19N3O3/c15-11-3-1-4-12(9-11)16-13(18)5-2-6-17-7-8-20-10-14(17)19/h1,3-4,9H,2,5-8,10,15H2,(H,16,18). The van der Waals surface area contributed by atoms with E-state index in [0.717, 1.165) is 0 Å². The highest BCUT2D eigenvalue weighted by Gasteiger charge is 2.18. The molecule has 0 unspecified atom stereocenters. The van der Waals surface area contributed by atoms with Crippen molar-refractivity contribution in [2.45, 2.75) is 12.8 Å². The van der Waals surface area contributed by atoms with Crippen LogP contribution in [0.1, 0.15) is 12.8 Å². The zero-order chi connectivity index (χ0) is 14.4. The fraction of sp³-hybridized carbons (Fsp3) is 0.429. The van der Waals surface area contributed by atoms with Gasteiger partial charge >= 0.3 is 0 Å². The van der Waals surface area contributed by atoms with Crippen molar-refractivity contribution in [2.75, 3.05) is 37.4 Å². The minimum Gasteiger partial charge on any atom is -0.399 e. The molecule has 6 nitrogen and oxygen atoms in total. The number of amides is 2. The van der Waals surface area contributed by atoms with Crippen LogP contribution in [0.25, 0.3) is 0 Å². The second-order valence-corrected chi connectivity index (χ2v) is 4.71. The van der Waals surface area contributed by atoms with Crippen LogP contribution >= 0.6 is 0 Å². The number of anilines is 2. The average Bonchev–Trinajstić information content (AvgIpc) is 2.41. The lowest BCUT2D eigenvalue weighted by molar-refractivity contribution is -0.142. The summed E-state index contributed by atoms with van der Waals surface area (Å²) in [5.74, 6) is -0.0798. The van der Waals surface area contributed by atoms with Crippen LogP contribution in [0.4, 0.5) is 11.4 Å². The number of nitrogens with two attached hydrogens (primary N) is 1. The Kier molecular flexibility index (Phi) is 4.95. The van der Waals surface area contributed by atoms with E-state index in [-0.39, 0.29) is 18.4 Å². The average molecular weight is 277 g/mol. The second-order valence-electron chi connectivity index (χ2n) is 4.71. The van der Waals surface area contributed by atoms with Crippen molar-refractivity contribution in [2.24, 2.45) is 0 Å². The first-order chi connectivity index (χ1) is 9.65. The maximum absolute atomic E-state index is 11.8. The third kappa shape index (κ3) is 4.24. The summed E-state index contributed by atoms with van der Waals surface area (Å²) in [5.41, 5.74) is 6.94. The third-order valence-electron chi connectivity index (χ3n) is 3.09. The van der Waals surface area contributed by atoms with Crippen molar-refractivity contribution in [1.29, 1.82) is 0 Å². The minimum absolute atomic E-state index is 0.00695. The Morgan fingerprint density at radius 1 is 1.45 bits per heavy atom. The fourth-order valence-corrected chi connectivity index (χ4v) is 2.06. The van der Waals surface area contributed by atoms with E-state index < -0.39 is 0 Å². The molecule has 0 spiro atoms. The van der Waals surface area contributed by atoms with Crippen molar-refractivity contribution >= 4 is 23.2 Å². The third-order valence-corrected chi connectivity index (χ3v) is 3.09. The van der Waals surface area contributed by atoms with Crippen molar-refractivity contribution in [3.05, 3.63) is 24.3 Å². The van der Waals surface area contributed by atoms with Gasteiger partial charge in [-0.05, 0) is 24.6 Å². The molecule has 1 aliphatic heterocycles. The van der Waals surface area contributed by atoms with Crippen LogP contribution < -0.4 is 11.1 Å². The van der Waals surface area contributed by atoms with Crippen LogP contribution in [0.15, 0.2) is 24.3 Å². The molecule has 1 aromatic rings. The van der Waals surface area contributed by atoms with Gasteiger partial charge in [-0.15, -0.1) is 0 Å². The van der Waals surface area contributed by atoms with Gasteiger partial charge in [0.1, 0.15) is 6.61 Å². The number of morpholine rings is 1. The number of nitrogens with one attached hydrogen (secondary N) is 1. The normalized spacial score (nSPS) is 15.2. The molecule has 1 fully saturated rings. The molecule has 108 valence electrons. The number of carbonyl (C=O) groups is 2. The number of carbonyl (C=O) groups excluding carboxylic acids is 2. The molecule has 0 bridgehead atoms. The molecule has 6 heteroatoms. The van der Waals surface area contributed by atoms with Gasteiger partial charge in [0.05, 0.1) is 6.61 Å². The van der Waals surface area contributed by atoms with E-state index in [0.29, 0.717) is 43.9 Å². The Morgan fingerprint density at radius 2 is 2.30 bits per heavy atom. The number of ether oxygens (including phenoxy) is 1. The Bertz CT molecular complexity index is 490. The first-order valence-electron chi connectivity index (χ1n) is 6.66. The lowest BCUT2D eigenvalue weighted by Crippen LogP contribution is -2.42. The summed E-state index contributed by atoms with van der Waals surface area (Å²) < 4.78 is 5.05. The summed E-state index contributed by atoms with van der Waals surface area (Å²) in [5, 5.41) is 2.78. The Morgan fingerprint density at radius 3 is 3.05 bits per heavy atom. The van der Waals surface area contributed by atoms with E-state index in [1.54, 1.807) is 29.2 Å². The maximum Gasteiger partial charge on any atom is 0.248 e. The highest BCUT2D eigenvalue weighted by atomic mass is 16.5. The molecular weight excluding hydrogens is 258 g/mol. The molecule has 2 amide bonds. The van der Waals surface area contributed by atoms with Crippen molar-refractivity contribution in [3.8, 4) is 0 Å². The number of nitrogens with zero attached hydrogens (tertiary/aromatic N) is 1. The molecule has 0 radical (unpaired) electrons. The van der Waals surface area contributed by atoms with Crippen LogP contribution in [0.5, 0.6) is 0 Å². The van der Waals surface area contributed by atoms with E-state index in [1.165, 1.54) is 0 Å². The molecule has 1 aromatic carbocycles. The first kappa shape index (κ1) is 14.3. The molecular formula is C14H19N3O3. The molecule has 1 heterocycles. The van der Waals surface area contributed by atoms with Crippen LogP contribution in [0.2, 0.25) is 0 Å². The molecule has 2 rings (SSSR count). The van der Waals surface area contributed by atoms with Crippen molar-refractivity contribution < 1.29 is 14.3 Å². The summed E-state index contributed by atoms with van der Waals surface area (Å²) in [6.45, 7) is 1.92. The number of hydrogen-bond donors (Lipinski definition) is 2. The van der Waals surface area contributed by atoms with E-state index in [4.69, 9.17) is 10.5 Å². The summed E-state index contributed by atoms with van der Waals surface area (Å²) in [7, 11) is 0. The van der Waals surface area contributed by atoms with Gasteiger partial charge in [-0.3, -0.25) is 9.59 Å². The van der Waals surface area contributed by atoms with Crippen molar-refractivity contribution in [1.82, 2.24) is 4.90 Å². The van der Waals surface area contributed by atoms with E-state index in [2.05, 4.69) is 5.32 Å². The van der Waals surface area contributed by atoms with E-state index in [9.17, 15) is 9.59 Å². The SMILES string of the molecule is Nc1cccc(NC(=O)CCCN2CCOCC2=O)c1. The van der Waals surface area contributed by atoms with Crippen LogP contribution in [0, 0.1) is 0 Å². The molecule has 0 saturated carbocycles. The quantitative estimate of drug-likeness (QED) is 0.781. The molecule has 20 heavy (non-hydrogen) atoms. The van der Waals surface area contributed by atoms with Gasteiger partial charge in [-0.2, -0.15) is 0 Å². The minimum atomic E-state index is -0.0729. The highest BCUT2D eigenvalue weighted by Crippen LogP contribution is 2.12.